The summed E-state index contributed by atoms with van der Waals surface area (Å²) in [5.74, 6) is -1.30. The van der Waals surface area contributed by atoms with Crippen LogP contribution in [0.3, 0.4) is 0 Å². The molecule has 5 nitrogen and oxygen atoms in total. The van der Waals surface area contributed by atoms with E-state index in [4.69, 9.17) is 32.7 Å². The first-order chi connectivity index (χ1) is 11.6. The predicted molar refractivity (Wildman–Crippen MR) is 96.5 cm³/mol. The van der Waals surface area contributed by atoms with Crippen molar-refractivity contribution in [2.45, 2.75) is 39.2 Å². The number of amides is 1. The average Bonchev–Trinajstić information content (AvgIpc) is 2.81. The zero-order valence-corrected chi connectivity index (χ0v) is 15.7. The van der Waals surface area contributed by atoms with E-state index in [1.54, 1.807) is 19.1 Å². The van der Waals surface area contributed by atoms with E-state index in [0.717, 1.165) is 5.56 Å². The van der Waals surface area contributed by atoms with E-state index in [1.807, 2.05) is 19.9 Å². The van der Waals surface area contributed by atoms with Crippen molar-refractivity contribution < 1.29 is 19.1 Å². The smallest absolute Gasteiger partial charge is 0.311 e. The van der Waals surface area contributed by atoms with Gasteiger partial charge in [-0.15, -0.1) is 0 Å². The molecule has 0 saturated carbocycles. The maximum Gasteiger partial charge on any atom is 0.311 e. The van der Waals surface area contributed by atoms with Crippen LogP contribution in [0.5, 0.6) is 0 Å². The Morgan fingerprint density at radius 2 is 1.96 bits per heavy atom. The number of carbonyl (C=O) groups is 2. The van der Waals surface area contributed by atoms with Crippen LogP contribution in [-0.4, -0.2) is 22.5 Å². The normalized spacial score (nSPS) is 11.4. The van der Waals surface area contributed by atoms with Gasteiger partial charge >= 0.3 is 5.97 Å². The highest BCUT2D eigenvalue weighted by molar-refractivity contribution is 6.35. The van der Waals surface area contributed by atoms with Crippen molar-refractivity contribution in [1.82, 2.24) is 5.32 Å². The van der Waals surface area contributed by atoms with Gasteiger partial charge in [0.15, 0.2) is 0 Å². The zero-order chi connectivity index (χ0) is 18.8. The number of nitrogens with one attached hydrogen (secondary N) is 1. The maximum atomic E-state index is 12.7. The maximum absolute atomic E-state index is 12.7. The molecule has 0 spiro atoms. The Hall–Kier alpha value is -1.98. The van der Waals surface area contributed by atoms with Gasteiger partial charge < -0.3 is 14.8 Å². The van der Waals surface area contributed by atoms with Crippen LogP contribution in [-0.2, 0) is 17.6 Å². The number of furan rings is 1. The molecule has 1 heterocycles. The molecule has 0 aliphatic rings. The molecule has 134 valence electrons. The van der Waals surface area contributed by atoms with Gasteiger partial charge in [0.05, 0.1) is 11.8 Å². The Morgan fingerprint density at radius 1 is 1.28 bits per heavy atom. The lowest BCUT2D eigenvalue weighted by Crippen LogP contribution is -2.45. The van der Waals surface area contributed by atoms with Crippen LogP contribution in [0.25, 0.3) is 0 Å². The summed E-state index contributed by atoms with van der Waals surface area (Å²) in [7, 11) is 0. The average molecular weight is 384 g/mol. The fourth-order valence-electron chi connectivity index (χ4n) is 2.63. The lowest BCUT2D eigenvalue weighted by Gasteiger charge is -2.27. The van der Waals surface area contributed by atoms with Gasteiger partial charge in [-0.2, -0.15) is 0 Å². The molecular weight excluding hydrogens is 365 g/mol. The lowest BCUT2D eigenvalue weighted by molar-refractivity contribution is -0.136. The number of carboxylic acids is 1. The Balaban J connectivity index is 2.18. The van der Waals surface area contributed by atoms with Gasteiger partial charge in [0.25, 0.3) is 5.91 Å². The quantitative estimate of drug-likeness (QED) is 0.780. The molecular formula is C18H19Cl2NO4. The first-order valence-electron chi connectivity index (χ1n) is 7.64. The second-order valence-corrected chi connectivity index (χ2v) is 7.38. The second kappa shape index (κ2) is 7.50. The molecule has 1 aromatic carbocycles. The Labute approximate surface area is 155 Å². The minimum absolute atomic E-state index is 0.142. The minimum atomic E-state index is -1.06. The number of carboxylic acid groups (broad SMARTS) is 1. The third-order valence-corrected chi connectivity index (χ3v) is 4.28. The van der Waals surface area contributed by atoms with Crippen LogP contribution in [0, 0.1) is 6.92 Å². The molecule has 0 unspecified atom stereocenters. The van der Waals surface area contributed by atoms with Crippen molar-refractivity contribution in [3.63, 3.8) is 0 Å². The molecule has 25 heavy (non-hydrogen) atoms. The van der Waals surface area contributed by atoms with Gasteiger partial charge in [-0.05, 0) is 44.9 Å². The third kappa shape index (κ3) is 5.00. The molecule has 0 radical (unpaired) electrons. The molecule has 2 rings (SSSR count). The number of carbonyl (C=O) groups excluding carboxylic acids is 1. The molecule has 0 aliphatic carbocycles. The van der Waals surface area contributed by atoms with Crippen LogP contribution in [0.1, 0.15) is 41.1 Å². The molecule has 0 saturated heterocycles. The van der Waals surface area contributed by atoms with Crippen LogP contribution >= 0.6 is 23.2 Å². The third-order valence-electron chi connectivity index (χ3n) is 3.69. The molecule has 1 amide bonds. The van der Waals surface area contributed by atoms with E-state index in [0.29, 0.717) is 22.0 Å². The van der Waals surface area contributed by atoms with Crippen LogP contribution in [0.2, 0.25) is 10.0 Å². The first kappa shape index (κ1) is 19.3. The highest BCUT2D eigenvalue weighted by Crippen LogP contribution is 2.25. The largest absolute Gasteiger partial charge is 0.481 e. The van der Waals surface area contributed by atoms with E-state index in [9.17, 15) is 9.59 Å². The number of benzene rings is 1. The van der Waals surface area contributed by atoms with Crippen LogP contribution in [0.15, 0.2) is 28.9 Å². The number of hydrogen-bond acceptors (Lipinski definition) is 3. The molecule has 1 aromatic heterocycles. The van der Waals surface area contributed by atoms with Crippen molar-refractivity contribution in [2.24, 2.45) is 0 Å². The number of rotatable bonds is 6. The fourth-order valence-corrected chi connectivity index (χ4v) is 3.10. The number of hydrogen-bond donors (Lipinski definition) is 2. The van der Waals surface area contributed by atoms with Crippen molar-refractivity contribution in [3.8, 4) is 0 Å². The molecule has 0 fully saturated rings. The van der Waals surface area contributed by atoms with Crippen LogP contribution < -0.4 is 5.32 Å². The summed E-state index contributed by atoms with van der Waals surface area (Å²) < 4.78 is 5.22. The van der Waals surface area contributed by atoms with Crippen LogP contribution in [0.4, 0.5) is 0 Å². The number of aryl methyl sites for hydroxylation is 1. The Bertz CT molecular complexity index is 811. The van der Waals surface area contributed by atoms with Gasteiger partial charge in [-0.25, -0.2) is 0 Å². The van der Waals surface area contributed by atoms with E-state index in [2.05, 4.69) is 5.32 Å². The highest BCUT2D eigenvalue weighted by Gasteiger charge is 2.27. The topological polar surface area (TPSA) is 79.5 Å². The molecule has 2 aromatic rings. The van der Waals surface area contributed by atoms with Gasteiger partial charge in [0.1, 0.15) is 12.2 Å². The predicted octanol–water partition coefficient (Wildman–Crippen LogP) is 4.27. The van der Waals surface area contributed by atoms with Crippen molar-refractivity contribution in [2.75, 3.05) is 0 Å². The summed E-state index contributed by atoms with van der Waals surface area (Å²) in [5, 5.41) is 12.9. The van der Waals surface area contributed by atoms with E-state index < -0.39 is 11.5 Å². The van der Waals surface area contributed by atoms with Gasteiger partial charge in [-0.3, -0.25) is 9.59 Å². The fraction of sp³-hybridized carbons (Fsp3) is 0.333. The van der Waals surface area contributed by atoms with E-state index >= 15 is 0 Å². The first-order valence-corrected chi connectivity index (χ1v) is 8.40. The van der Waals surface area contributed by atoms with Crippen molar-refractivity contribution in [1.29, 1.82) is 0 Å². The molecule has 0 atom stereocenters. The van der Waals surface area contributed by atoms with Gasteiger partial charge in [0.2, 0.25) is 0 Å². The highest BCUT2D eigenvalue weighted by atomic mass is 35.5. The van der Waals surface area contributed by atoms with E-state index in [-0.39, 0.29) is 23.7 Å². The molecule has 0 bridgehead atoms. The lowest BCUT2D eigenvalue weighted by atomic mass is 9.94. The SMILES string of the molecule is Cc1coc(CC(=O)O)c1C(=O)NC(C)(C)Cc1ccc(Cl)cc1Cl. The Kier molecular flexibility index (Phi) is 5.80. The Morgan fingerprint density at radius 3 is 2.56 bits per heavy atom. The summed E-state index contributed by atoms with van der Waals surface area (Å²) in [6.07, 6.45) is 1.52. The molecule has 2 N–H and O–H groups in total. The van der Waals surface area contributed by atoms with E-state index in [1.165, 1.54) is 6.26 Å². The molecule has 7 heteroatoms. The van der Waals surface area contributed by atoms with Crippen molar-refractivity contribution in [3.05, 3.63) is 57.0 Å². The van der Waals surface area contributed by atoms with Crippen molar-refractivity contribution >= 4 is 35.1 Å². The summed E-state index contributed by atoms with van der Waals surface area (Å²) in [4.78, 5) is 23.6. The second-order valence-electron chi connectivity index (χ2n) is 6.54. The molecule has 0 aliphatic heterocycles. The monoisotopic (exact) mass is 383 g/mol. The standard InChI is InChI=1S/C18H19Cl2NO4/c1-10-9-25-14(7-15(22)23)16(10)17(24)21-18(2,3)8-11-4-5-12(19)6-13(11)20/h4-6,9H,7-8H2,1-3H3,(H,21,24)(H,22,23). The number of halogens is 2. The minimum Gasteiger partial charge on any atom is -0.481 e. The summed E-state index contributed by atoms with van der Waals surface area (Å²) in [6, 6.07) is 5.21. The zero-order valence-electron chi connectivity index (χ0n) is 14.2. The van der Waals surface area contributed by atoms with Gasteiger partial charge in [-0.1, -0.05) is 29.3 Å². The number of aliphatic carboxylic acids is 1. The van der Waals surface area contributed by atoms with Gasteiger partial charge in [0, 0.05) is 21.1 Å². The summed E-state index contributed by atoms with van der Waals surface area (Å²) >= 11 is 12.1. The summed E-state index contributed by atoms with van der Waals surface area (Å²) in [6.45, 7) is 5.43. The summed E-state index contributed by atoms with van der Waals surface area (Å²) in [5.41, 5.74) is 1.09.